The molecule has 3 heteroatoms. The zero-order chi connectivity index (χ0) is 12.1. The van der Waals surface area contributed by atoms with Gasteiger partial charge in [0.15, 0.2) is 0 Å². The van der Waals surface area contributed by atoms with Crippen LogP contribution in [0.2, 0.25) is 0 Å². The van der Waals surface area contributed by atoms with E-state index in [1.165, 1.54) is 16.0 Å². The van der Waals surface area contributed by atoms with E-state index in [1.54, 1.807) is 0 Å². The van der Waals surface area contributed by atoms with Crippen LogP contribution in [0.3, 0.4) is 0 Å². The molecule has 2 nitrogen and oxygen atoms in total. The van der Waals surface area contributed by atoms with E-state index in [0.29, 0.717) is 13.2 Å². The van der Waals surface area contributed by atoms with Crippen molar-refractivity contribution in [2.75, 3.05) is 13.2 Å². The average molecular weight is 246 g/mol. The molecule has 0 radical (unpaired) electrons. The van der Waals surface area contributed by atoms with E-state index >= 15 is 0 Å². The Hall–Kier alpha value is -1.16. The maximum absolute atomic E-state index is 5.73. The molecule has 0 saturated heterocycles. The van der Waals surface area contributed by atoms with Gasteiger partial charge >= 0.3 is 9.28 Å². The summed E-state index contributed by atoms with van der Waals surface area (Å²) in [5, 5.41) is 3.73. The maximum atomic E-state index is 5.73. The predicted octanol–water partition coefficient (Wildman–Crippen LogP) is 2.34. The number of rotatable bonds is 5. The van der Waals surface area contributed by atoms with Crippen molar-refractivity contribution in [1.29, 1.82) is 0 Å². The average Bonchev–Trinajstić information content (AvgIpc) is 2.38. The van der Waals surface area contributed by atoms with Crippen molar-refractivity contribution in [3.05, 3.63) is 42.5 Å². The third-order valence-corrected chi connectivity index (χ3v) is 4.86. The van der Waals surface area contributed by atoms with Crippen LogP contribution in [-0.4, -0.2) is 22.5 Å². The molecule has 0 amide bonds. The van der Waals surface area contributed by atoms with Crippen LogP contribution < -0.4 is 5.19 Å². The van der Waals surface area contributed by atoms with E-state index in [0.717, 1.165) is 0 Å². The fourth-order valence-electron chi connectivity index (χ4n) is 1.90. The van der Waals surface area contributed by atoms with Gasteiger partial charge in [0.25, 0.3) is 0 Å². The molecule has 0 bridgehead atoms. The zero-order valence-electron chi connectivity index (χ0n) is 10.3. The predicted molar refractivity (Wildman–Crippen MR) is 74.0 cm³/mol. The minimum atomic E-state index is -1.70. The van der Waals surface area contributed by atoms with Gasteiger partial charge in [-0.2, -0.15) is 0 Å². The monoisotopic (exact) mass is 246 g/mol. The Morgan fingerprint density at radius 1 is 0.882 bits per heavy atom. The Morgan fingerprint density at radius 2 is 1.53 bits per heavy atom. The first kappa shape index (κ1) is 12.3. The van der Waals surface area contributed by atoms with Gasteiger partial charge in [-0.05, 0) is 29.8 Å². The van der Waals surface area contributed by atoms with Gasteiger partial charge in [-0.1, -0.05) is 42.5 Å². The first-order valence-electron chi connectivity index (χ1n) is 6.07. The lowest BCUT2D eigenvalue weighted by atomic mass is 10.1. The minimum Gasteiger partial charge on any atom is -0.394 e. The van der Waals surface area contributed by atoms with E-state index in [2.05, 4.69) is 42.5 Å². The van der Waals surface area contributed by atoms with Crippen LogP contribution in [0.1, 0.15) is 13.8 Å². The fraction of sp³-hybridized carbons (Fsp3) is 0.286. The van der Waals surface area contributed by atoms with Gasteiger partial charge in [0.1, 0.15) is 0 Å². The maximum Gasteiger partial charge on any atom is 0.355 e. The summed E-state index contributed by atoms with van der Waals surface area (Å²) in [6, 6.07) is 14.8. The Labute approximate surface area is 104 Å². The second-order valence-corrected chi connectivity index (χ2v) is 5.85. The van der Waals surface area contributed by atoms with Crippen molar-refractivity contribution < 1.29 is 8.85 Å². The van der Waals surface area contributed by atoms with E-state index in [1.807, 2.05) is 13.8 Å². The molecule has 0 saturated carbocycles. The highest BCUT2D eigenvalue weighted by molar-refractivity contribution is 6.61. The van der Waals surface area contributed by atoms with Gasteiger partial charge in [-0.15, -0.1) is 0 Å². The summed E-state index contributed by atoms with van der Waals surface area (Å²) in [7, 11) is -1.70. The Bertz CT molecular complexity index is 478. The third kappa shape index (κ3) is 2.94. The molecule has 0 aliphatic carbocycles. The van der Waals surface area contributed by atoms with Gasteiger partial charge < -0.3 is 8.85 Å². The van der Waals surface area contributed by atoms with E-state index in [4.69, 9.17) is 8.85 Å². The summed E-state index contributed by atoms with van der Waals surface area (Å²) in [6.45, 7) is 5.45. The molecule has 0 spiro atoms. The van der Waals surface area contributed by atoms with E-state index in [-0.39, 0.29) is 0 Å². The van der Waals surface area contributed by atoms with Gasteiger partial charge in [0, 0.05) is 13.2 Å². The summed E-state index contributed by atoms with van der Waals surface area (Å²) < 4.78 is 11.5. The lowest BCUT2D eigenvalue weighted by Crippen LogP contribution is -2.36. The Morgan fingerprint density at radius 3 is 2.18 bits per heavy atom. The molecule has 0 N–H and O–H groups in total. The van der Waals surface area contributed by atoms with Gasteiger partial charge in [0.2, 0.25) is 0 Å². The largest absolute Gasteiger partial charge is 0.394 e. The smallest absolute Gasteiger partial charge is 0.355 e. The first-order chi connectivity index (χ1) is 8.35. The summed E-state index contributed by atoms with van der Waals surface area (Å²) >= 11 is 0. The molecular formula is C14H18O2Si. The molecule has 2 aromatic rings. The van der Waals surface area contributed by atoms with Crippen LogP contribution in [0.15, 0.2) is 42.5 Å². The quantitative estimate of drug-likeness (QED) is 0.754. The highest BCUT2D eigenvalue weighted by atomic mass is 28.3. The van der Waals surface area contributed by atoms with Crippen LogP contribution in [0.5, 0.6) is 0 Å². The van der Waals surface area contributed by atoms with Crippen molar-refractivity contribution in [2.24, 2.45) is 0 Å². The molecule has 0 fully saturated rings. The van der Waals surface area contributed by atoms with Gasteiger partial charge in [0.05, 0.1) is 0 Å². The van der Waals surface area contributed by atoms with Crippen molar-refractivity contribution in [2.45, 2.75) is 13.8 Å². The first-order valence-corrected chi connectivity index (χ1v) is 7.59. The second-order valence-electron chi connectivity index (χ2n) is 3.85. The molecule has 0 aliphatic heterocycles. The second kappa shape index (κ2) is 5.96. The van der Waals surface area contributed by atoms with Crippen LogP contribution in [0.25, 0.3) is 10.8 Å². The van der Waals surface area contributed by atoms with E-state index < -0.39 is 9.28 Å². The van der Waals surface area contributed by atoms with Crippen molar-refractivity contribution in [3.63, 3.8) is 0 Å². The minimum absolute atomic E-state index is 0.712. The number of fused-ring (bicyclic) bond motifs is 1. The lowest BCUT2D eigenvalue weighted by Gasteiger charge is -2.15. The summed E-state index contributed by atoms with van der Waals surface area (Å²) in [5.41, 5.74) is 0. The highest BCUT2D eigenvalue weighted by Crippen LogP contribution is 2.11. The topological polar surface area (TPSA) is 18.5 Å². The molecule has 0 heterocycles. The molecule has 2 rings (SSSR count). The zero-order valence-corrected chi connectivity index (χ0v) is 11.5. The molecule has 0 unspecified atom stereocenters. The van der Waals surface area contributed by atoms with Crippen LogP contribution in [-0.2, 0) is 8.85 Å². The van der Waals surface area contributed by atoms with Gasteiger partial charge in [-0.3, -0.25) is 0 Å². The Balaban J connectivity index is 2.32. The third-order valence-electron chi connectivity index (χ3n) is 2.68. The van der Waals surface area contributed by atoms with Gasteiger partial charge in [-0.25, -0.2) is 0 Å². The van der Waals surface area contributed by atoms with Crippen molar-refractivity contribution in [3.8, 4) is 0 Å². The highest BCUT2D eigenvalue weighted by Gasteiger charge is 2.15. The van der Waals surface area contributed by atoms with Crippen LogP contribution in [0.4, 0.5) is 0 Å². The number of hydrogen-bond acceptors (Lipinski definition) is 2. The van der Waals surface area contributed by atoms with Crippen LogP contribution >= 0.6 is 0 Å². The molecule has 2 aromatic carbocycles. The Kier molecular flexibility index (Phi) is 4.31. The standard InChI is InChI=1S/C14H18O2Si/c1-3-15-17(16-4-2)14-10-9-12-7-5-6-8-13(12)11-14/h5-11,17H,3-4H2,1-2H3. The molecule has 0 atom stereocenters. The summed E-state index contributed by atoms with van der Waals surface area (Å²) in [6.07, 6.45) is 0. The van der Waals surface area contributed by atoms with E-state index in [9.17, 15) is 0 Å². The molecule has 0 aliphatic rings. The molecule has 90 valence electrons. The van der Waals surface area contributed by atoms with Crippen molar-refractivity contribution >= 4 is 25.2 Å². The lowest BCUT2D eigenvalue weighted by molar-refractivity contribution is 0.225. The number of benzene rings is 2. The molecule has 17 heavy (non-hydrogen) atoms. The number of hydrogen-bond donors (Lipinski definition) is 0. The molecule has 0 aromatic heterocycles. The fourth-order valence-corrected chi connectivity index (χ4v) is 3.55. The SMILES string of the molecule is CCO[SiH](OCC)c1ccc2ccccc2c1. The van der Waals surface area contributed by atoms with Crippen LogP contribution in [0, 0.1) is 0 Å². The molecular weight excluding hydrogens is 228 g/mol. The van der Waals surface area contributed by atoms with Crippen molar-refractivity contribution in [1.82, 2.24) is 0 Å². The summed E-state index contributed by atoms with van der Waals surface area (Å²) in [5.74, 6) is 0. The normalized spacial score (nSPS) is 11.2. The summed E-state index contributed by atoms with van der Waals surface area (Å²) in [4.78, 5) is 0.